The molecule has 0 atom stereocenters. The van der Waals surface area contributed by atoms with Gasteiger partial charge in [-0.3, -0.25) is 4.79 Å². The normalized spacial score (nSPS) is 15.2. The Morgan fingerprint density at radius 3 is 3.08 bits per heavy atom. The summed E-state index contributed by atoms with van der Waals surface area (Å²) in [6.45, 7) is 0.718. The first-order valence-electron chi connectivity index (χ1n) is 3.94. The van der Waals surface area contributed by atoms with Crippen molar-refractivity contribution >= 4 is 11.6 Å². The van der Waals surface area contributed by atoms with E-state index >= 15 is 0 Å². The van der Waals surface area contributed by atoms with Crippen molar-refractivity contribution in [2.45, 2.75) is 6.42 Å². The molecule has 0 unspecified atom stereocenters. The van der Waals surface area contributed by atoms with Crippen LogP contribution in [0.3, 0.4) is 0 Å². The second kappa shape index (κ2) is 2.52. The third kappa shape index (κ3) is 1.03. The van der Waals surface area contributed by atoms with E-state index in [2.05, 4.69) is 5.32 Å². The van der Waals surface area contributed by atoms with Crippen LogP contribution < -0.4 is 11.1 Å². The van der Waals surface area contributed by atoms with Gasteiger partial charge in [-0.25, -0.2) is 0 Å². The van der Waals surface area contributed by atoms with Gasteiger partial charge >= 0.3 is 0 Å². The molecule has 0 aliphatic carbocycles. The molecule has 3 nitrogen and oxygen atoms in total. The molecular formula is C9H10N2O. The number of carbonyl (C=O) groups is 1. The number of nitrogen functional groups attached to an aromatic ring is 1. The second-order valence-electron chi connectivity index (χ2n) is 2.92. The molecule has 1 aliphatic rings. The summed E-state index contributed by atoms with van der Waals surface area (Å²) in [5.41, 5.74) is 8.14. The Kier molecular flexibility index (Phi) is 1.50. The monoisotopic (exact) mass is 162 g/mol. The summed E-state index contributed by atoms with van der Waals surface area (Å²) in [5.74, 6) is 0.0104. The Balaban J connectivity index is 2.53. The maximum atomic E-state index is 11.2. The zero-order chi connectivity index (χ0) is 8.55. The van der Waals surface area contributed by atoms with E-state index in [0.717, 1.165) is 29.8 Å². The van der Waals surface area contributed by atoms with Crippen molar-refractivity contribution in [2.75, 3.05) is 12.3 Å². The van der Waals surface area contributed by atoms with E-state index in [0.29, 0.717) is 0 Å². The van der Waals surface area contributed by atoms with Gasteiger partial charge in [-0.2, -0.15) is 0 Å². The van der Waals surface area contributed by atoms with Crippen molar-refractivity contribution in [1.82, 2.24) is 5.32 Å². The largest absolute Gasteiger partial charge is 0.399 e. The minimum atomic E-state index is 0.0104. The molecule has 0 saturated heterocycles. The SMILES string of the molecule is Nc1ccc2c(c1)CCNC2=O. The molecule has 3 heteroatoms. The van der Waals surface area contributed by atoms with E-state index in [1.807, 2.05) is 6.07 Å². The molecule has 0 spiro atoms. The number of hydrogen-bond acceptors (Lipinski definition) is 2. The summed E-state index contributed by atoms with van der Waals surface area (Å²) < 4.78 is 0. The van der Waals surface area contributed by atoms with Crippen LogP contribution in [0, 0.1) is 0 Å². The van der Waals surface area contributed by atoms with Gasteiger partial charge in [0.1, 0.15) is 0 Å². The van der Waals surface area contributed by atoms with Crippen molar-refractivity contribution in [2.24, 2.45) is 0 Å². The van der Waals surface area contributed by atoms with Crippen molar-refractivity contribution in [1.29, 1.82) is 0 Å². The van der Waals surface area contributed by atoms with Gasteiger partial charge in [0.15, 0.2) is 0 Å². The molecular weight excluding hydrogens is 152 g/mol. The predicted octanol–water partition coefficient (Wildman–Crippen LogP) is 0.555. The molecule has 12 heavy (non-hydrogen) atoms. The first-order chi connectivity index (χ1) is 5.77. The minimum Gasteiger partial charge on any atom is -0.399 e. The number of amides is 1. The van der Waals surface area contributed by atoms with Crippen LogP contribution in [0.15, 0.2) is 18.2 Å². The van der Waals surface area contributed by atoms with Crippen molar-refractivity contribution < 1.29 is 4.79 Å². The Bertz CT molecular complexity index is 333. The summed E-state index contributed by atoms with van der Waals surface area (Å²) in [7, 11) is 0. The van der Waals surface area contributed by atoms with Crippen molar-refractivity contribution in [3.8, 4) is 0 Å². The molecule has 1 amide bonds. The standard InChI is InChI=1S/C9H10N2O/c10-7-1-2-8-6(5-7)3-4-11-9(8)12/h1-2,5H,3-4,10H2,(H,11,12). The number of nitrogens with two attached hydrogens (primary N) is 1. The van der Waals surface area contributed by atoms with Crippen LogP contribution in [0.1, 0.15) is 15.9 Å². The smallest absolute Gasteiger partial charge is 0.251 e. The zero-order valence-electron chi connectivity index (χ0n) is 6.63. The van der Waals surface area contributed by atoms with Gasteiger partial charge in [-0.05, 0) is 30.2 Å². The van der Waals surface area contributed by atoms with Gasteiger partial charge in [0.05, 0.1) is 0 Å². The summed E-state index contributed by atoms with van der Waals surface area (Å²) in [6.07, 6.45) is 0.881. The summed E-state index contributed by atoms with van der Waals surface area (Å²) in [4.78, 5) is 11.2. The fourth-order valence-corrected chi connectivity index (χ4v) is 1.45. The molecule has 0 aromatic heterocycles. The highest BCUT2D eigenvalue weighted by Gasteiger charge is 2.15. The lowest BCUT2D eigenvalue weighted by atomic mass is 10.00. The van der Waals surface area contributed by atoms with Crippen LogP contribution in [-0.4, -0.2) is 12.5 Å². The molecule has 1 aliphatic heterocycles. The molecule has 0 saturated carbocycles. The molecule has 1 aromatic rings. The lowest BCUT2D eigenvalue weighted by Gasteiger charge is -2.16. The summed E-state index contributed by atoms with van der Waals surface area (Å²) >= 11 is 0. The average Bonchev–Trinajstić information content (AvgIpc) is 2.04. The molecule has 3 N–H and O–H groups in total. The predicted molar refractivity (Wildman–Crippen MR) is 46.9 cm³/mol. The Morgan fingerprint density at radius 2 is 2.25 bits per heavy atom. The highest BCUT2D eigenvalue weighted by atomic mass is 16.1. The van der Waals surface area contributed by atoms with E-state index in [1.165, 1.54) is 0 Å². The highest BCUT2D eigenvalue weighted by molar-refractivity contribution is 5.97. The van der Waals surface area contributed by atoms with Gasteiger partial charge in [0.2, 0.25) is 0 Å². The Labute approximate surface area is 70.6 Å². The van der Waals surface area contributed by atoms with Gasteiger partial charge in [0.25, 0.3) is 5.91 Å². The van der Waals surface area contributed by atoms with Crippen molar-refractivity contribution in [3.63, 3.8) is 0 Å². The molecule has 0 fully saturated rings. The van der Waals surface area contributed by atoms with Crippen LogP contribution >= 0.6 is 0 Å². The number of anilines is 1. The number of hydrogen-bond donors (Lipinski definition) is 2. The third-order valence-electron chi connectivity index (χ3n) is 2.05. The second-order valence-corrected chi connectivity index (χ2v) is 2.92. The first-order valence-corrected chi connectivity index (χ1v) is 3.94. The number of benzene rings is 1. The van der Waals surface area contributed by atoms with E-state index < -0.39 is 0 Å². The van der Waals surface area contributed by atoms with Gasteiger partial charge in [0, 0.05) is 17.8 Å². The van der Waals surface area contributed by atoms with Gasteiger partial charge in [-0.1, -0.05) is 0 Å². The highest BCUT2D eigenvalue weighted by Crippen LogP contribution is 2.16. The quantitative estimate of drug-likeness (QED) is 0.547. The first kappa shape index (κ1) is 7.16. The maximum absolute atomic E-state index is 11.2. The lowest BCUT2D eigenvalue weighted by molar-refractivity contribution is 0.0946. The van der Waals surface area contributed by atoms with Crippen molar-refractivity contribution in [3.05, 3.63) is 29.3 Å². The third-order valence-corrected chi connectivity index (χ3v) is 2.05. The van der Waals surface area contributed by atoms with Crippen LogP contribution in [0.25, 0.3) is 0 Å². The summed E-state index contributed by atoms with van der Waals surface area (Å²) in [6, 6.07) is 5.40. The van der Waals surface area contributed by atoms with E-state index in [1.54, 1.807) is 12.1 Å². The van der Waals surface area contributed by atoms with Crippen LogP contribution in [0.4, 0.5) is 5.69 Å². The van der Waals surface area contributed by atoms with Crippen LogP contribution in [-0.2, 0) is 6.42 Å². The van der Waals surface area contributed by atoms with E-state index in [9.17, 15) is 4.79 Å². The molecule has 1 aromatic carbocycles. The Hall–Kier alpha value is -1.51. The molecule has 2 rings (SSSR count). The fourth-order valence-electron chi connectivity index (χ4n) is 1.45. The Morgan fingerprint density at radius 1 is 1.42 bits per heavy atom. The number of carbonyl (C=O) groups excluding carboxylic acids is 1. The minimum absolute atomic E-state index is 0.0104. The maximum Gasteiger partial charge on any atom is 0.251 e. The zero-order valence-corrected chi connectivity index (χ0v) is 6.63. The number of rotatable bonds is 0. The lowest BCUT2D eigenvalue weighted by Crippen LogP contribution is -2.31. The topological polar surface area (TPSA) is 55.1 Å². The summed E-state index contributed by atoms with van der Waals surface area (Å²) in [5, 5.41) is 2.78. The average molecular weight is 162 g/mol. The molecule has 0 radical (unpaired) electrons. The van der Waals surface area contributed by atoms with Gasteiger partial charge in [-0.15, -0.1) is 0 Å². The molecule has 1 heterocycles. The fraction of sp³-hybridized carbons (Fsp3) is 0.222. The molecule has 62 valence electrons. The van der Waals surface area contributed by atoms with E-state index in [4.69, 9.17) is 5.73 Å². The van der Waals surface area contributed by atoms with Crippen LogP contribution in [0.5, 0.6) is 0 Å². The van der Waals surface area contributed by atoms with Crippen LogP contribution in [0.2, 0.25) is 0 Å². The number of fused-ring (bicyclic) bond motifs is 1. The van der Waals surface area contributed by atoms with E-state index in [-0.39, 0.29) is 5.91 Å². The number of nitrogens with one attached hydrogen (secondary N) is 1. The molecule has 0 bridgehead atoms. The van der Waals surface area contributed by atoms with Gasteiger partial charge < -0.3 is 11.1 Å².